The molecule has 0 unspecified atom stereocenters. The molecule has 0 spiro atoms. The summed E-state index contributed by atoms with van der Waals surface area (Å²) in [7, 11) is 1.53. The third kappa shape index (κ3) is 5.67. The summed E-state index contributed by atoms with van der Waals surface area (Å²) in [5, 5.41) is 5.90. The fourth-order valence-corrected chi connectivity index (χ4v) is 3.95. The second-order valence-corrected chi connectivity index (χ2v) is 9.56. The first-order chi connectivity index (χ1) is 16.6. The van der Waals surface area contributed by atoms with Gasteiger partial charge in [0.25, 0.3) is 5.91 Å². The van der Waals surface area contributed by atoms with Crippen molar-refractivity contribution in [3.8, 4) is 11.3 Å². The summed E-state index contributed by atoms with van der Waals surface area (Å²) in [5.74, 6) is -0.0778. The van der Waals surface area contributed by atoms with E-state index in [4.69, 9.17) is 4.74 Å². The summed E-state index contributed by atoms with van der Waals surface area (Å²) in [6, 6.07) is 1.55. The van der Waals surface area contributed by atoms with E-state index in [0.717, 1.165) is 19.0 Å². The van der Waals surface area contributed by atoms with Gasteiger partial charge in [-0.05, 0) is 45.6 Å². The molecule has 186 valence electrons. The molecule has 0 atom stereocenters. The molecule has 3 aromatic rings. The number of carbonyl (C=O) groups is 2. The standard InChI is InChI=1S/C24H30FN7O3/c1-24(2,3)35-23(34)31-9-6-15(7-10-31)11-28-20-21-30-19(22(33)26-4)14-32(21)13-18(29-20)16-5-8-27-12-17(16)25/h5,8,12-15H,6-7,9-11H2,1-4H3,(H,26,33)(H,28,29). The number of rotatable bonds is 5. The molecule has 0 bridgehead atoms. The van der Waals surface area contributed by atoms with Crippen LogP contribution in [0.4, 0.5) is 15.0 Å². The second-order valence-electron chi connectivity index (χ2n) is 9.56. The lowest BCUT2D eigenvalue weighted by atomic mass is 9.97. The quantitative estimate of drug-likeness (QED) is 0.572. The van der Waals surface area contributed by atoms with E-state index in [2.05, 4.69) is 25.6 Å². The number of hydrogen-bond acceptors (Lipinski definition) is 7. The molecule has 4 heterocycles. The summed E-state index contributed by atoms with van der Waals surface area (Å²) in [6.45, 7) is 7.37. The van der Waals surface area contributed by atoms with Gasteiger partial charge in [-0.1, -0.05) is 0 Å². The van der Waals surface area contributed by atoms with Crippen molar-refractivity contribution in [3.05, 3.63) is 42.4 Å². The van der Waals surface area contributed by atoms with Gasteiger partial charge in [0.15, 0.2) is 17.3 Å². The molecule has 1 aliphatic rings. The number of nitrogens with zero attached hydrogens (tertiary/aromatic N) is 5. The predicted molar refractivity (Wildman–Crippen MR) is 129 cm³/mol. The molecule has 1 saturated heterocycles. The van der Waals surface area contributed by atoms with Crippen LogP contribution in [0.15, 0.2) is 30.9 Å². The van der Waals surface area contributed by atoms with Crippen molar-refractivity contribution in [1.29, 1.82) is 0 Å². The molecule has 1 aliphatic heterocycles. The zero-order valence-electron chi connectivity index (χ0n) is 20.3. The van der Waals surface area contributed by atoms with Crippen molar-refractivity contribution < 1.29 is 18.7 Å². The maximum Gasteiger partial charge on any atom is 0.410 e. The first kappa shape index (κ1) is 24.4. The maximum atomic E-state index is 14.4. The molecule has 0 aromatic carbocycles. The highest BCUT2D eigenvalue weighted by Gasteiger charge is 2.27. The van der Waals surface area contributed by atoms with Crippen molar-refractivity contribution >= 4 is 23.5 Å². The molecule has 1 fully saturated rings. The zero-order valence-corrected chi connectivity index (χ0v) is 20.3. The molecule has 0 radical (unpaired) electrons. The number of halogens is 1. The highest BCUT2D eigenvalue weighted by atomic mass is 19.1. The van der Waals surface area contributed by atoms with E-state index >= 15 is 0 Å². The topological polar surface area (TPSA) is 114 Å². The number of nitrogens with one attached hydrogen (secondary N) is 2. The Morgan fingerprint density at radius 1 is 1.20 bits per heavy atom. The van der Waals surface area contributed by atoms with Gasteiger partial charge >= 0.3 is 6.09 Å². The van der Waals surface area contributed by atoms with Gasteiger partial charge in [-0.3, -0.25) is 9.78 Å². The number of amides is 2. The first-order valence-corrected chi connectivity index (χ1v) is 11.6. The molecule has 11 heteroatoms. The molecule has 0 aliphatic carbocycles. The Bertz CT molecular complexity index is 1230. The number of anilines is 1. The van der Waals surface area contributed by atoms with Crippen molar-refractivity contribution in [2.75, 3.05) is 32.0 Å². The molecular formula is C24H30FN7O3. The number of imidazole rings is 1. The van der Waals surface area contributed by atoms with E-state index in [0.29, 0.717) is 48.3 Å². The van der Waals surface area contributed by atoms with Gasteiger partial charge in [0.1, 0.15) is 11.3 Å². The number of hydrogen-bond donors (Lipinski definition) is 2. The van der Waals surface area contributed by atoms with Gasteiger partial charge < -0.3 is 24.7 Å². The SMILES string of the molecule is CNC(=O)c1cn2cc(-c3ccncc3F)nc(NCC3CCN(C(=O)OC(C)(C)C)CC3)c2n1. The molecule has 4 rings (SSSR count). The van der Waals surface area contributed by atoms with Crippen molar-refractivity contribution in [3.63, 3.8) is 0 Å². The Labute approximate surface area is 202 Å². The molecule has 10 nitrogen and oxygen atoms in total. The summed E-state index contributed by atoms with van der Waals surface area (Å²) in [4.78, 5) is 39.0. The van der Waals surface area contributed by atoms with Crippen LogP contribution in [-0.4, -0.2) is 68.5 Å². The zero-order chi connectivity index (χ0) is 25.2. The van der Waals surface area contributed by atoms with Crippen LogP contribution in [-0.2, 0) is 4.74 Å². The number of ether oxygens (including phenoxy) is 1. The first-order valence-electron chi connectivity index (χ1n) is 11.6. The molecular weight excluding hydrogens is 453 g/mol. The van der Waals surface area contributed by atoms with Crippen LogP contribution in [0.5, 0.6) is 0 Å². The normalized spacial score (nSPS) is 14.7. The van der Waals surface area contributed by atoms with Gasteiger partial charge in [-0.15, -0.1) is 0 Å². The molecule has 2 N–H and O–H groups in total. The number of pyridine rings is 1. The minimum Gasteiger partial charge on any atom is -0.444 e. The van der Waals surface area contributed by atoms with Crippen molar-refractivity contribution in [2.45, 2.75) is 39.2 Å². The lowest BCUT2D eigenvalue weighted by Gasteiger charge is -2.33. The highest BCUT2D eigenvalue weighted by molar-refractivity contribution is 5.93. The molecule has 35 heavy (non-hydrogen) atoms. The van der Waals surface area contributed by atoms with Gasteiger partial charge in [0.2, 0.25) is 0 Å². The Balaban J connectivity index is 1.52. The number of fused-ring (bicyclic) bond motifs is 1. The van der Waals surface area contributed by atoms with E-state index in [-0.39, 0.29) is 17.7 Å². The second kappa shape index (κ2) is 9.85. The fourth-order valence-electron chi connectivity index (χ4n) is 3.95. The number of likely N-dealkylation sites (tertiary alicyclic amines) is 1. The maximum absolute atomic E-state index is 14.4. The summed E-state index contributed by atoms with van der Waals surface area (Å²) >= 11 is 0. The minimum atomic E-state index is -0.524. The third-order valence-electron chi connectivity index (χ3n) is 5.77. The molecule has 3 aromatic heterocycles. The minimum absolute atomic E-state index is 0.232. The van der Waals surface area contributed by atoms with E-state index in [1.807, 2.05) is 20.8 Å². The average Bonchev–Trinajstić information content (AvgIpc) is 3.26. The third-order valence-corrected chi connectivity index (χ3v) is 5.77. The average molecular weight is 484 g/mol. The lowest BCUT2D eigenvalue weighted by molar-refractivity contribution is 0.0188. The largest absolute Gasteiger partial charge is 0.444 e. The molecule has 2 amide bonds. The molecule has 0 saturated carbocycles. The Morgan fingerprint density at radius 2 is 1.94 bits per heavy atom. The van der Waals surface area contributed by atoms with Crippen LogP contribution < -0.4 is 10.6 Å². The smallest absolute Gasteiger partial charge is 0.410 e. The Kier molecular flexibility index (Phi) is 6.86. The predicted octanol–water partition coefficient (Wildman–Crippen LogP) is 3.35. The van der Waals surface area contributed by atoms with Crippen LogP contribution in [0.1, 0.15) is 44.1 Å². The Morgan fingerprint density at radius 3 is 2.60 bits per heavy atom. The number of carbonyl (C=O) groups excluding carboxylic acids is 2. The van der Waals surface area contributed by atoms with Crippen LogP contribution in [0.3, 0.4) is 0 Å². The van der Waals surface area contributed by atoms with E-state index in [1.54, 1.807) is 27.8 Å². The Hall–Kier alpha value is -3.76. The summed E-state index contributed by atoms with van der Waals surface area (Å²) in [5.41, 5.74) is 0.860. The number of piperidine rings is 1. The van der Waals surface area contributed by atoms with E-state index in [1.165, 1.54) is 13.2 Å². The lowest BCUT2D eigenvalue weighted by Crippen LogP contribution is -2.42. The monoisotopic (exact) mass is 483 g/mol. The summed E-state index contributed by atoms with van der Waals surface area (Å²) in [6.07, 6.45) is 7.17. The van der Waals surface area contributed by atoms with Crippen LogP contribution in [0.2, 0.25) is 0 Å². The van der Waals surface area contributed by atoms with Gasteiger partial charge in [0.05, 0.1) is 11.9 Å². The van der Waals surface area contributed by atoms with E-state index < -0.39 is 11.4 Å². The van der Waals surface area contributed by atoms with Crippen molar-refractivity contribution in [2.24, 2.45) is 5.92 Å². The van der Waals surface area contributed by atoms with Gasteiger partial charge in [-0.2, -0.15) is 0 Å². The highest BCUT2D eigenvalue weighted by Crippen LogP contribution is 2.26. The van der Waals surface area contributed by atoms with Gasteiger partial charge in [0, 0.05) is 50.8 Å². The van der Waals surface area contributed by atoms with Crippen LogP contribution >= 0.6 is 0 Å². The van der Waals surface area contributed by atoms with Crippen molar-refractivity contribution in [1.82, 2.24) is 29.6 Å². The summed E-state index contributed by atoms with van der Waals surface area (Å²) < 4.78 is 21.6. The number of aromatic nitrogens is 4. The fraction of sp³-hybridized carbons (Fsp3) is 0.458. The van der Waals surface area contributed by atoms with Crippen LogP contribution in [0.25, 0.3) is 16.9 Å². The van der Waals surface area contributed by atoms with Gasteiger partial charge in [-0.25, -0.2) is 19.2 Å². The van der Waals surface area contributed by atoms with Crippen LogP contribution in [0, 0.1) is 11.7 Å². The van der Waals surface area contributed by atoms with E-state index in [9.17, 15) is 14.0 Å².